The van der Waals surface area contributed by atoms with E-state index in [-0.39, 0.29) is 6.04 Å². The van der Waals surface area contributed by atoms with Crippen LogP contribution >= 0.6 is 0 Å². The van der Waals surface area contributed by atoms with Crippen LogP contribution in [0.5, 0.6) is 0 Å². The molecule has 17 heavy (non-hydrogen) atoms. The third-order valence-corrected chi connectivity index (χ3v) is 2.83. The van der Waals surface area contributed by atoms with Gasteiger partial charge < -0.3 is 5.73 Å². The molecular formula is C12H17N5. The molecule has 0 aliphatic rings. The summed E-state index contributed by atoms with van der Waals surface area (Å²) in [5, 5.41) is 4.41. The molecule has 1 unspecified atom stereocenters. The molecule has 0 aromatic carbocycles. The second-order valence-electron chi connectivity index (χ2n) is 4.09. The minimum atomic E-state index is -0.0868. The zero-order chi connectivity index (χ0) is 12.3. The van der Waals surface area contributed by atoms with Crippen LogP contribution in [0.15, 0.2) is 24.8 Å². The lowest BCUT2D eigenvalue weighted by atomic mass is 10.1. The van der Waals surface area contributed by atoms with Gasteiger partial charge in [-0.15, -0.1) is 0 Å². The van der Waals surface area contributed by atoms with Crippen molar-refractivity contribution in [3.8, 4) is 0 Å². The van der Waals surface area contributed by atoms with Crippen LogP contribution in [0.25, 0.3) is 0 Å². The third kappa shape index (κ3) is 2.68. The van der Waals surface area contributed by atoms with E-state index < -0.39 is 0 Å². The maximum atomic E-state index is 6.13. The van der Waals surface area contributed by atoms with E-state index in [2.05, 4.69) is 28.1 Å². The van der Waals surface area contributed by atoms with Crippen LogP contribution in [-0.2, 0) is 19.9 Å². The molecule has 2 N–H and O–H groups in total. The van der Waals surface area contributed by atoms with Gasteiger partial charge in [0.15, 0.2) is 0 Å². The van der Waals surface area contributed by atoms with Crippen molar-refractivity contribution in [1.29, 1.82) is 0 Å². The zero-order valence-corrected chi connectivity index (χ0v) is 10.2. The molecule has 90 valence electrons. The van der Waals surface area contributed by atoms with Gasteiger partial charge in [-0.25, -0.2) is 9.97 Å². The Morgan fingerprint density at radius 3 is 2.65 bits per heavy atom. The summed E-state index contributed by atoms with van der Waals surface area (Å²) in [6.45, 7) is 2.09. The van der Waals surface area contributed by atoms with E-state index in [4.69, 9.17) is 5.73 Å². The maximum absolute atomic E-state index is 6.13. The van der Waals surface area contributed by atoms with Crippen molar-refractivity contribution in [3.05, 3.63) is 41.7 Å². The lowest BCUT2D eigenvalue weighted by molar-refractivity contribution is 0.635. The van der Waals surface area contributed by atoms with Crippen LogP contribution < -0.4 is 5.73 Å². The lowest BCUT2D eigenvalue weighted by Gasteiger charge is -2.10. The highest BCUT2D eigenvalue weighted by Crippen LogP contribution is 2.15. The predicted molar refractivity (Wildman–Crippen MR) is 65.3 cm³/mol. The molecule has 2 rings (SSSR count). The number of aryl methyl sites for hydroxylation is 2. The second kappa shape index (κ2) is 5.05. The molecule has 0 saturated heterocycles. The summed E-state index contributed by atoms with van der Waals surface area (Å²) in [4.78, 5) is 7.96. The van der Waals surface area contributed by atoms with Crippen molar-refractivity contribution < 1.29 is 0 Å². The number of hydrogen-bond acceptors (Lipinski definition) is 4. The molecule has 0 spiro atoms. The molecule has 0 radical (unpaired) electrons. The summed E-state index contributed by atoms with van der Waals surface area (Å²) in [6, 6.07) is 2.01. The summed E-state index contributed by atoms with van der Waals surface area (Å²) in [6.07, 6.45) is 6.72. The highest BCUT2D eigenvalue weighted by molar-refractivity contribution is 5.16. The molecule has 2 aromatic rings. The fourth-order valence-electron chi connectivity index (χ4n) is 1.78. The van der Waals surface area contributed by atoms with Crippen molar-refractivity contribution in [2.45, 2.75) is 25.8 Å². The van der Waals surface area contributed by atoms with E-state index in [9.17, 15) is 0 Å². The maximum Gasteiger partial charge on any atom is 0.115 e. The number of hydrogen-bond donors (Lipinski definition) is 1. The van der Waals surface area contributed by atoms with E-state index in [1.807, 2.05) is 11.7 Å². The average Bonchev–Trinajstić information content (AvgIpc) is 2.71. The number of nitrogens with zero attached hydrogens (tertiary/aromatic N) is 4. The number of aromatic nitrogens is 4. The first-order valence-electron chi connectivity index (χ1n) is 5.73. The van der Waals surface area contributed by atoms with Gasteiger partial charge in [-0.2, -0.15) is 5.10 Å². The molecule has 0 aliphatic heterocycles. The van der Waals surface area contributed by atoms with Crippen LogP contribution in [0.3, 0.4) is 0 Å². The van der Waals surface area contributed by atoms with Crippen LogP contribution in [0.1, 0.15) is 29.9 Å². The van der Waals surface area contributed by atoms with Gasteiger partial charge in [0.05, 0.1) is 5.69 Å². The average molecular weight is 231 g/mol. The first-order valence-corrected chi connectivity index (χ1v) is 5.73. The first-order chi connectivity index (χ1) is 8.20. The largest absolute Gasteiger partial charge is 0.324 e. The van der Waals surface area contributed by atoms with Gasteiger partial charge in [-0.1, -0.05) is 6.92 Å². The minimum Gasteiger partial charge on any atom is -0.324 e. The Morgan fingerprint density at radius 1 is 1.35 bits per heavy atom. The fraction of sp³-hybridized carbons (Fsp3) is 0.417. The summed E-state index contributed by atoms with van der Waals surface area (Å²) < 4.78 is 1.89. The Balaban J connectivity index is 2.13. The standard InChI is InChI=1S/C12H17N5/c1-3-10-4-11(17(2)16-10)5-12(13)9-6-14-8-15-7-9/h4,6-8,12H,3,5,13H2,1-2H3. The summed E-state index contributed by atoms with van der Waals surface area (Å²) in [5.74, 6) is 0. The smallest absolute Gasteiger partial charge is 0.115 e. The highest BCUT2D eigenvalue weighted by atomic mass is 15.3. The highest BCUT2D eigenvalue weighted by Gasteiger charge is 2.11. The van der Waals surface area contributed by atoms with Gasteiger partial charge in [0, 0.05) is 43.2 Å². The van der Waals surface area contributed by atoms with Crippen molar-refractivity contribution in [2.24, 2.45) is 12.8 Å². The molecule has 0 saturated carbocycles. The zero-order valence-electron chi connectivity index (χ0n) is 10.2. The van der Waals surface area contributed by atoms with E-state index in [1.54, 1.807) is 12.4 Å². The monoisotopic (exact) mass is 231 g/mol. The van der Waals surface area contributed by atoms with Gasteiger partial charge in [0.2, 0.25) is 0 Å². The number of nitrogens with two attached hydrogens (primary N) is 1. The van der Waals surface area contributed by atoms with Gasteiger partial charge in [-0.05, 0) is 12.5 Å². The fourth-order valence-corrected chi connectivity index (χ4v) is 1.78. The van der Waals surface area contributed by atoms with Crippen molar-refractivity contribution in [1.82, 2.24) is 19.7 Å². The van der Waals surface area contributed by atoms with E-state index in [0.29, 0.717) is 0 Å². The quantitative estimate of drug-likeness (QED) is 0.852. The Labute approximate surface area is 101 Å². The van der Waals surface area contributed by atoms with Crippen molar-refractivity contribution >= 4 is 0 Å². The molecular weight excluding hydrogens is 214 g/mol. The summed E-state index contributed by atoms with van der Waals surface area (Å²) in [5.41, 5.74) is 9.31. The van der Waals surface area contributed by atoms with Crippen LogP contribution in [0, 0.1) is 0 Å². The SMILES string of the molecule is CCc1cc(CC(N)c2cncnc2)n(C)n1. The van der Waals surface area contributed by atoms with Crippen LogP contribution in [-0.4, -0.2) is 19.7 Å². The summed E-state index contributed by atoms with van der Waals surface area (Å²) >= 11 is 0. The van der Waals surface area contributed by atoms with Crippen LogP contribution in [0.4, 0.5) is 0 Å². The predicted octanol–water partition coefficient (Wildman–Crippen LogP) is 1.02. The summed E-state index contributed by atoms with van der Waals surface area (Å²) in [7, 11) is 1.95. The van der Waals surface area contributed by atoms with Crippen LogP contribution in [0.2, 0.25) is 0 Å². The van der Waals surface area contributed by atoms with Crippen molar-refractivity contribution in [2.75, 3.05) is 0 Å². The Hall–Kier alpha value is -1.75. The normalized spacial score (nSPS) is 12.6. The third-order valence-electron chi connectivity index (χ3n) is 2.83. The Morgan fingerprint density at radius 2 is 2.06 bits per heavy atom. The second-order valence-corrected chi connectivity index (χ2v) is 4.09. The molecule has 0 amide bonds. The molecule has 5 heteroatoms. The molecule has 0 bridgehead atoms. The first kappa shape index (κ1) is 11.7. The van der Waals surface area contributed by atoms with E-state index >= 15 is 0 Å². The van der Waals surface area contributed by atoms with E-state index in [0.717, 1.165) is 29.8 Å². The van der Waals surface area contributed by atoms with E-state index in [1.165, 1.54) is 6.33 Å². The van der Waals surface area contributed by atoms with Gasteiger partial charge in [-0.3, -0.25) is 4.68 Å². The molecule has 2 aromatic heterocycles. The van der Waals surface area contributed by atoms with Gasteiger partial charge in [0.1, 0.15) is 6.33 Å². The molecule has 0 fully saturated rings. The minimum absolute atomic E-state index is 0.0868. The molecule has 0 aliphatic carbocycles. The molecule has 1 atom stereocenters. The lowest BCUT2D eigenvalue weighted by Crippen LogP contribution is -2.15. The topological polar surface area (TPSA) is 69.6 Å². The van der Waals surface area contributed by atoms with Gasteiger partial charge in [0.25, 0.3) is 0 Å². The Kier molecular flexibility index (Phi) is 3.49. The van der Waals surface area contributed by atoms with Gasteiger partial charge >= 0.3 is 0 Å². The number of rotatable bonds is 4. The van der Waals surface area contributed by atoms with Crippen molar-refractivity contribution in [3.63, 3.8) is 0 Å². The Bertz CT molecular complexity index is 477. The molecule has 5 nitrogen and oxygen atoms in total. The molecule has 2 heterocycles.